The average molecular weight is 296 g/mol. The van der Waals surface area contributed by atoms with Gasteiger partial charge in [-0.05, 0) is 26.8 Å². The molecule has 0 aromatic carbocycles. The van der Waals surface area contributed by atoms with Crippen molar-refractivity contribution in [1.82, 2.24) is 4.98 Å². The molecular formula is C14H20N2O5. The highest BCUT2D eigenvalue weighted by Crippen LogP contribution is 2.19. The molecule has 0 fully saturated rings. The van der Waals surface area contributed by atoms with Crippen LogP contribution < -0.4 is 9.64 Å². The summed E-state index contributed by atoms with van der Waals surface area (Å²) in [4.78, 5) is 28.5. The van der Waals surface area contributed by atoms with Gasteiger partial charge < -0.3 is 19.5 Å². The van der Waals surface area contributed by atoms with Crippen LogP contribution in [-0.2, 0) is 9.53 Å². The lowest BCUT2D eigenvalue weighted by Crippen LogP contribution is -2.33. The quantitative estimate of drug-likeness (QED) is 0.825. The molecule has 0 radical (unpaired) electrons. The normalized spacial score (nSPS) is 10.9. The van der Waals surface area contributed by atoms with Crippen LogP contribution >= 0.6 is 0 Å². The molecule has 0 spiro atoms. The second kappa shape index (κ2) is 6.43. The summed E-state index contributed by atoms with van der Waals surface area (Å²) in [5, 5.41) is 9.05. The first-order valence-corrected chi connectivity index (χ1v) is 6.34. The highest BCUT2D eigenvalue weighted by atomic mass is 16.6. The lowest BCUT2D eigenvalue weighted by atomic mass is 10.2. The van der Waals surface area contributed by atoms with Crippen molar-refractivity contribution in [2.75, 3.05) is 25.6 Å². The van der Waals surface area contributed by atoms with Gasteiger partial charge >= 0.3 is 11.9 Å². The van der Waals surface area contributed by atoms with Crippen LogP contribution in [0.2, 0.25) is 0 Å². The second-order valence-electron chi connectivity index (χ2n) is 5.50. The van der Waals surface area contributed by atoms with Gasteiger partial charge in [0.2, 0.25) is 5.88 Å². The number of aromatic nitrogens is 1. The van der Waals surface area contributed by atoms with E-state index in [9.17, 15) is 9.59 Å². The number of esters is 1. The number of hydrogen-bond acceptors (Lipinski definition) is 6. The number of carbonyl (C=O) groups is 2. The number of rotatable bonds is 5. The zero-order chi connectivity index (χ0) is 16.2. The highest BCUT2D eigenvalue weighted by Gasteiger charge is 2.19. The van der Waals surface area contributed by atoms with Crippen LogP contribution in [0.25, 0.3) is 0 Å². The van der Waals surface area contributed by atoms with Gasteiger partial charge in [-0.15, -0.1) is 0 Å². The minimum atomic E-state index is -1.09. The van der Waals surface area contributed by atoms with Crippen molar-refractivity contribution in [2.45, 2.75) is 26.4 Å². The van der Waals surface area contributed by atoms with Crippen LogP contribution in [0.5, 0.6) is 5.88 Å². The third-order valence-electron chi connectivity index (χ3n) is 2.42. The minimum Gasteiger partial charge on any atom is -0.481 e. The van der Waals surface area contributed by atoms with Gasteiger partial charge in [-0.1, -0.05) is 0 Å². The summed E-state index contributed by atoms with van der Waals surface area (Å²) in [6, 6.07) is 2.68. The van der Waals surface area contributed by atoms with Crippen LogP contribution in [0.4, 0.5) is 5.82 Å². The third-order valence-corrected chi connectivity index (χ3v) is 2.42. The standard InChI is InChI=1S/C14H20N2O5/c1-14(2,3)21-12(17)8-16(4)10-6-9(13(18)19)7-11(15-10)20-5/h6-7H,8H2,1-5H3,(H,18,19). The molecule has 0 unspecified atom stereocenters. The third kappa shape index (κ3) is 5.29. The number of ether oxygens (including phenoxy) is 2. The van der Waals surface area contributed by atoms with Gasteiger partial charge in [-0.2, -0.15) is 4.98 Å². The van der Waals surface area contributed by atoms with E-state index in [0.29, 0.717) is 5.82 Å². The van der Waals surface area contributed by atoms with E-state index in [-0.39, 0.29) is 18.0 Å². The Kier molecular flexibility index (Phi) is 5.12. The SMILES string of the molecule is COc1cc(C(=O)O)cc(N(C)CC(=O)OC(C)(C)C)n1. The van der Waals surface area contributed by atoms with E-state index in [2.05, 4.69) is 4.98 Å². The Morgan fingerprint density at radius 1 is 1.33 bits per heavy atom. The average Bonchev–Trinajstić information content (AvgIpc) is 2.35. The van der Waals surface area contributed by atoms with Crippen molar-refractivity contribution in [1.29, 1.82) is 0 Å². The van der Waals surface area contributed by atoms with E-state index in [1.165, 1.54) is 24.1 Å². The first-order valence-electron chi connectivity index (χ1n) is 6.34. The van der Waals surface area contributed by atoms with Gasteiger partial charge in [0.15, 0.2) is 0 Å². The molecule has 21 heavy (non-hydrogen) atoms. The Morgan fingerprint density at radius 3 is 2.43 bits per heavy atom. The van der Waals surface area contributed by atoms with Crippen molar-refractivity contribution < 1.29 is 24.2 Å². The predicted molar refractivity (Wildman–Crippen MR) is 76.9 cm³/mol. The zero-order valence-electron chi connectivity index (χ0n) is 12.8. The number of carbonyl (C=O) groups excluding carboxylic acids is 1. The van der Waals surface area contributed by atoms with Crippen LogP contribution in [0, 0.1) is 0 Å². The Hall–Kier alpha value is -2.31. The summed E-state index contributed by atoms with van der Waals surface area (Å²) in [5.41, 5.74) is -0.542. The summed E-state index contributed by atoms with van der Waals surface area (Å²) in [6.45, 7) is 5.28. The van der Waals surface area contributed by atoms with E-state index < -0.39 is 17.5 Å². The van der Waals surface area contributed by atoms with Crippen LogP contribution in [0.1, 0.15) is 31.1 Å². The van der Waals surface area contributed by atoms with E-state index in [1.54, 1.807) is 27.8 Å². The molecule has 0 saturated heterocycles. The first kappa shape index (κ1) is 16.7. The van der Waals surface area contributed by atoms with Crippen LogP contribution in [0.3, 0.4) is 0 Å². The smallest absolute Gasteiger partial charge is 0.336 e. The molecule has 7 heteroatoms. The number of carboxylic acid groups (broad SMARTS) is 1. The van der Waals surface area contributed by atoms with Crippen molar-refractivity contribution in [3.05, 3.63) is 17.7 Å². The maximum atomic E-state index is 11.8. The van der Waals surface area contributed by atoms with Crippen molar-refractivity contribution >= 4 is 17.8 Å². The molecule has 0 aliphatic carbocycles. The molecule has 0 aliphatic rings. The van der Waals surface area contributed by atoms with Gasteiger partial charge in [-0.25, -0.2) is 4.79 Å². The maximum absolute atomic E-state index is 11.8. The lowest BCUT2D eigenvalue weighted by molar-refractivity contribution is -0.152. The predicted octanol–water partition coefficient (Wildman–Crippen LogP) is 1.57. The Balaban J connectivity index is 2.91. The van der Waals surface area contributed by atoms with E-state index in [1.807, 2.05) is 0 Å². The largest absolute Gasteiger partial charge is 0.481 e. The lowest BCUT2D eigenvalue weighted by Gasteiger charge is -2.23. The molecule has 0 atom stereocenters. The minimum absolute atomic E-state index is 0.0351. The zero-order valence-corrected chi connectivity index (χ0v) is 12.8. The van der Waals surface area contributed by atoms with Crippen molar-refractivity contribution in [2.24, 2.45) is 0 Å². The number of anilines is 1. The van der Waals surface area contributed by atoms with Crippen molar-refractivity contribution in [3.8, 4) is 5.88 Å². The van der Waals surface area contributed by atoms with Gasteiger partial charge in [0, 0.05) is 13.1 Å². The maximum Gasteiger partial charge on any atom is 0.336 e. The summed E-state index contributed by atoms with van der Waals surface area (Å²) in [5.74, 6) is -1.03. The fraction of sp³-hybridized carbons (Fsp3) is 0.500. The number of hydrogen-bond donors (Lipinski definition) is 1. The van der Waals surface area contributed by atoms with Crippen molar-refractivity contribution in [3.63, 3.8) is 0 Å². The van der Waals surface area contributed by atoms with E-state index in [4.69, 9.17) is 14.6 Å². The molecule has 116 valence electrons. The van der Waals surface area contributed by atoms with Crippen LogP contribution in [0.15, 0.2) is 12.1 Å². The summed E-state index contributed by atoms with van der Waals surface area (Å²) >= 11 is 0. The van der Waals surface area contributed by atoms with Gasteiger partial charge in [-0.3, -0.25) is 4.79 Å². The molecule has 0 aliphatic heterocycles. The van der Waals surface area contributed by atoms with E-state index >= 15 is 0 Å². The van der Waals surface area contributed by atoms with Gasteiger partial charge in [0.05, 0.1) is 12.7 Å². The number of carboxylic acids is 1. The number of aromatic carboxylic acids is 1. The van der Waals surface area contributed by atoms with E-state index in [0.717, 1.165) is 0 Å². The first-order chi connectivity index (χ1) is 9.62. The summed E-state index contributed by atoms with van der Waals surface area (Å²) in [6.07, 6.45) is 0. The molecule has 0 saturated carbocycles. The highest BCUT2D eigenvalue weighted by molar-refractivity contribution is 5.89. The summed E-state index contributed by atoms with van der Waals surface area (Å²) in [7, 11) is 3.02. The Labute approximate surface area is 123 Å². The Morgan fingerprint density at radius 2 is 1.95 bits per heavy atom. The molecule has 1 rings (SSSR count). The molecule has 7 nitrogen and oxygen atoms in total. The molecule has 0 amide bonds. The Bertz CT molecular complexity index is 537. The van der Waals surface area contributed by atoms with Gasteiger partial charge in [0.1, 0.15) is 18.0 Å². The topological polar surface area (TPSA) is 89.0 Å². The molecule has 1 aromatic heterocycles. The number of pyridine rings is 1. The molecule has 0 bridgehead atoms. The fourth-order valence-electron chi connectivity index (χ4n) is 1.56. The van der Waals surface area contributed by atoms with Crippen LogP contribution in [-0.4, -0.2) is 48.3 Å². The molecule has 1 N–H and O–H groups in total. The molecule has 1 aromatic rings. The summed E-state index contributed by atoms with van der Waals surface area (Å²) < 4.78 is 10.2. The number of methoxy groups -OCH3 is 1. The monoisotopic (exact) mass is 296 g/mol. The fourth-order valence-corrected chi connectivity index (χ4v) is 1.56. The molecular weight excluding hydrogens is 276 g/mol. The molecule has 1 heterocycles. The second-order valence-corrected chi connectivity index (χ2v) is 5.50. The number of nitrogens with zero attached hydrogens (tertiary/aromatic N) is 2. The van der Waals surface area contributed by atoms with Gasteiger partial charge in [0.25, 0.3) is 0 Å². The number of likely N-dealkylation sites (N-methyl/N-ethyl adjacent to an activating group) is 1.